The topological polar surface area (TPSA) is 105 Å². The van der Waals surface area contributed by atoms with Crippen molar-refractivity contribution in [2.75, 3.05) is 13.1 Å². The standard InChI is InChI=1S/C22H27N3O4S/c26-21(27)6-3-14-1-4-15(5-2-14)22-24-19(13-30-22)18-11-16-7-9-23-10-8-17(16)12-20(18)25(28)29/h11-15,23H,1-10H2,(H,26,27). The van der Waals surface area contributed by atoms with E-state index in [0.717, 1.165) is 68.6 Å². The number of nitrogens with one attached hydrogen (secondary N) is 1. The Balaban J connectivity index is 1.52. The molecule has 30 heavy (non-hydrogen) atoms. The first-order valence-electron chi connectivity index (χ1n) is 10.7. The van der Waals surface area contributed by atoms with E-state index < -0.39 is 5.97 Å². The van der Waals surface area contributed by atoms with Crippen molar-refractivity contribution in [1.82, 2.24) is 10.3 Å². The average Bonchev–Trinajstić information content (AvgIpc) is 3.11. The predicted molar refractivity (Wildman–Crippen MR) is 116 cm³/mol. The summed E-state index contributed by atoms with van der Waals surface area (Å²) in [6.45, 7) is 1.73. The highest BCUT2D eigenvalue weighted by Gasteiger charge is 2.27. The van der Waals surface area contributed by atoms with Gasteiger partial charge < -0.3 is 10.4 Å². The number of carboxylic acid groups (broad SMARTS) is 1. The van der Waals surface area contributed by atoms with Gasteiger partial charge in [-0.2, -0.15) is 0 Å². The number of benzene rings is 1. The van der Waals surface area contributed by atoms with Crippen molar-refractivity contribution in [3.63, 3.8) is 0 Å². The Morgan fingerprint density at radius 1 is 1.20 bits per heavy atom. The van der Waals surface area contributed by atoms with Crippen LogP contribution in [0.4, 0.5) is 5.69 Å². The van der Waals surface area contributed by atoms with Gasteiger partial charge in [-0.1, -0.05) is 0 Å². The molecule has 1 aromatic heterocycles. The molecule has 8 heteroatoms. The summed E-state index contributed by atoms with van der Waals surface area (Å²) >= 11 is 1.59. The van der Waals surface area contributed by atoms with Gasteiger partial charge in [0.2, 0.25) is 0 Å². The molecular weight excluding hydrogens is 402 g/mol. The quantitative estimate of drug-likeness (QED) is 0.516. The third-order valence-electron chi connectivity index (χ3n) is 6.42. The van der Waals surface area contributed by atoms with E-state index in [1.165, 1.54) is 5.56 Å². The maximum atomic E-state index is 11.7. The van der Waals surface area contributed by atoms with Crippen LogP contribution in [0.3, 0.4) is 0 Å². The smallest absolute Gasteiger partial charge is 0.303 e. The van der Waals surface area contributed by atoms with Gasteiger partial charge in [-0.3, -0.25) is 14.9 Å². The van der Waals surface area contributed by atoms with Crippen molar-refractivity contribution in [2.45, 2.75) is 57.3 Å². The molecule has 1 aliphatic carbocycles. The van der Waals surface area contributed by atoms with Gasteiger partial charge >= 0.3 is 5.97 Å². The number of nitro groups is 1. The first-order valence-corrected chi connectivity index (χ1v) is 11.6. The minimum atomic E-state index is -0.722. The molecule has 0 spiro atoms. The number of rotatable bonds is 6. The van der Waals surface area contributed by atoms with Crippen LogP contribution in [0.2, 0.25) is 0 Å². The largest absolute Gasteiger partial charge is 0.481 e. The van der Waals surface area contributed by atoms with Crippen molar-refractivity contribution in [3.05, 3.63) is 43.8 Å². The Labute approximate surface area is 179 Å². The van der Waals surface area contributed by atoms with Crippen molar-refractivity contribution >= 4 is 23.0 Å². The van der Waals surface area contributed by atoms with Crippen LogP contribution in [0.25, 0.3) is 11.3 Å². The maximum Gasteiger partial charge on any atom is 0.303 e. The van der Waals surface area contributed by atoms with Gasteiger partial charge in [0.15, 0.2) is 0 Å². The fraction of sp³-hybridized carbons (Fsp3) is 0.545. The lowest BCUT2D eigenvalue weighted by atomic mass is 9.80. The summed E-state index contributed by atoms with van der Waals surface area (Å²) in [5, 5.41) is 27.0. The number of carbonyl (C=O) groups is 1. The molecular formula is C22H27N3O4S. The molecule has 160 valence electrons. The van der Waals surface area contributed by atoms with E-state index in [2.05, 4.69) is 5.32 Å². The molecule has 2 heterocycles. The van der Waals surface area contributed by atoms with Crippen LogP contribution in [-0.4, -0.2) is 34.1 Å². The summed E-state index contributed by atoms with van der Waals surface area (Å²) in [6.07, 6.45) is 6.75. The Morgan fingerprint density at radius 3 is 2.57 bits per heavy atom. The molecule has 1 fully saturated rings. The summed E-state index contributed by atoms with van der Waals surface area (Å²) in [5.41, 5.74) is 3.71. The van der Waals surface area contributed by atoms with Crippen molar-refractivity contribution < 1.29 is 14.8 Å². The van der Waals surface area contributed by atoms with E-state index in [4.69, 9.17) is 10.1 Å². The van der Waals surface area contributed by atoms with Crippen LogP contribution in [0.1, 0.15) is 60.6 Å². The van der Waals surface area contributed by atoms with Crippen molar-refractivity contribution in [2.24, 2.45) is 5.92 Å². The molecule has 0 unspecified atom stereocenters. The Morgan fingerprint density at radius 2 is 1.90 bits per heavy atom. The van der Waals surface area contributed by atoms with Gasteiger partial charge in [0.05, 0.1) is 21.2 Å². The average molecular weight is 430 g/mol. The lowest BCUT2D eigenvalue weighted by Gasteiger charge is -2.26. The molecule has 0 amide bonds. The number of aromatic nitrogens is 1. The van der Waals surface area contributed by atoms with Gasteiger partial charge in [-0.05, 0) is 81.1 Å². The van der Waals surface area contributed by atoms with Crippen LogP contribution in [0.5, 0.6) is 0 Å². The molecule has 4 rings (SSSR count). The van der Waals surface area contributed by atoms with Crippen LogP contribution < -0.4 is 5.32 Å². The highest BCUT2D eigenvalue weighted by atomic mass is 32.1. The second-order valence-corrected chi connectivity index (χ2v) is 9.26. The lowest BCUT2D eigenvalue weighted by Crippen LogP contribution is -2.16. The molecule has 0 bridgehead atoms. The SMILES string of the molecule is O=C(O)CCC1CCC(c2nc(-c3cc4c(cc3[N+](=O)[O-])CCNCC4)cs2)CC1. The molecule has 1 aliphatic heterocycles. The number of nitro benzene ring substituents is 1. The minimum Gasteiger partial charge on any atom is -0.481 e. The van der Waals surface area contributed by atoms with E-state index in [-0.39, 0.29) is 17.0 Å². The van der Waals surface area contributed by atoms with Crippen LogP contribution in [-0.2, 0) is 17.6 Å². The first-order chi connectivity index (χ1) is 14.5. The first kappa shape index (κ1) is 20.9. The third kappa shape index (κ3) is 4.70. The molecule has 1 saturated carbocycles. The fourth-order valence-corrected chi connectivity index (χ4v) is 5.68. The summed E-state index contributed by atoms with van der Waals surface area (Å²) in [6, 6.07) is 3.71. The second kappa shape index (κ2) is 9.22. The second-order valence-electron chi connectivity index (χ2n) is 8.37. The Hall–Kier alpha value is -2.32. The summed E-state index contributed by atoms with van der Waals surface area (Å²) in [7, 11) is 0. The van der Waals surface area contributed by atoms with E-state index in [0.29, 0.717) is 23.1 Å². The highest BCUT2D eigenvalue weighted by molar-refractivity contribution is 7.10. The number of aliphatic carboxylic acids is 1. The van der Waals surface area contributed by atoms with Crippen LogP contribution >= 0.6 is 11.3 Å². The fourth-order valence-electron chi connectivity index (χ4n) is 4.69. The Bertz CT molecular complexity index is 934. The van der Waals surface area contributed by atoms with Crippen molar-refractivity contribution in [1.29, 1.82) is 0 Å². The van der Waals surface area contributed by atoms with E-state index >= 15 is 0 Å². The molecule has 2 aromatic rings. The van der Waals surface area contributed by atoms with Gasteiger partial charge in [0.1, 0.15) is 0 Å². The minimum absolute atomic E-state index is 0.143. The lowest BCUT2D eigenvalue weighted by molar-refractivity contribution is -0.384. The number of carboxylic acids is 1. The molecule has 2 aliphatic rings. The van der Waals surface area contributed by atoms with E-state index in [1.807, 2.05) is 11.4 Å². The zero-order chi connectivity index (χ0) is 21.1. The molecule has 1 aromatic carbocycles. The molecule has 0 radical (unpaired) electrons. The highest BCUT2D eigenvalue weighted by Crippen LogP contribution is 2.41. The monoisotopic (exact) mass is 429 g/mol. The molecule has 0 saturated heterocycles. The van der Waals surface area contributed by atoms with Gasteiger partial charge in [0, 0.05) is 23.8 Å². The molecule has 2 N–H and O–H groups in total. The molecule has 7 nitrogen and oxygen atoms in total. The zero-order valence-corrected chi connectivity index (χ0v) is 17.7. The van der Waals surface area contributed by atoms with Crippen LogP contribution in [0, 0.1) is 16.0 Å². The summed E-state index contributed by atoms with van der Waals surface area (Å²) < 4.78 is 0. The normalized spacial score (nSPS) is 21.6. The number of thiazole rings is 1. The van der Waals surface area contributed by atoms with E-state index in [9.17, 15) is 14.9 Å². The van der Waals surface area contributed by atoms with Gasteiger partial charge in [0.25, 0.3) is 5.69 Å². The predicted octanol–water partition coefficient (Wildman–Crippen LogP) is 4.55. The zero-order valence-electron chi connectivity index (χ0n) is 16.9. The number of fused-ring (bicyclic) bond motifs is 1. The van der Waals surface area contributed by atoms with Gasteiger partial charge in [-0.15, -0.1) is 11.3 Å². The maximum absolute atomic E-state index is 11.7. The summed E-state index contributed by atoms with van der Waals surface area (Å²) in [4.78, 5) is 27.1. The number of hydrogen-bond donors (Lipinski definition) is 2. The van der Waals surface area contributed by atoms with E-state index in [1.54, 1.807) is 17.4 Å². The van der Waals surface area contributed by atoms with Gasteiger partial charge in [-0.25, -0.2) is 4.98 Å². The third-order valence-corrected chi connectivity index (χ3v) is 7.42. The molecule has 0 atom stereocenters. The number of nitrogens with zero attached hydrogens (tertiary/aromatic N) is 2. The summed E-state index contributed by atoms with van der Waals surface area (Å²) in [5.74, 6) is 0.129. The van der Waals surface area contributed by atoms with Crippen molar-refractivity contribution in [3.8, 4) is 11.3 Å². The number of hydrogen-bond acceptors (Lipinski definition) is 6. The Kier molecular flexibility index (Phi) is 6.43. The van der Waals surface area contributed by atoms with Crippen LogP contribution in [0.15, 0.2) is 17.5 Å².